The van der Waals surface area contributed by atoms with Gasteiger partial charge < -0.3 is 0 Å². The van der Waals surface area contributed by atoms with E-state index in [1.54, 1.807) is 6.08 Å². The van der Waals surface area contributed by atoms with Gasteiger partial charge in [-0.05, 0) is 36.3 Å². The molecule has 18 heavy (non-hydrogen) atoms. The average molecular weight is 246 g/mol. The van der Waals surface area contributed by atoms with Gasteiger partial charge in [0.25, 0.3) is 0 Å². The fourth-order valence-corrected chi connectivity index (χ4v) is 1.85. The molecule has 0 nitrogen and oxygen atoms in total. The van der Waals surface area contributed by atoms with Crippen molar-refractivity contribution < 1.29 is 0 Å². The van der Waals surface area contributed by atoms with Gasteiger partial charge in [0.15, 0.2) is 0 Å². The van der Waals surface area contributed by atoms with Crippen molar-refractivity contribution >= 4 is 0 Å². The van der Waals surface area contributed by atoms with Crippen LogP contribution in [0.5, 0.6) is 0 Å². The van der Waals surface area contributed by atoms with Crippen LogP contribution in [0.15, 0.2) is 48.6 Å². The topological polar surface area (TPSA) is 0 Å². The third-order valence-corrected chi connectivity index (χ3v) is 3.72. The van der Waals surface area contributed by atoms with Crippen LogP contribution in [0.2, 0.25) is 0 Å². The number of allylic oxidation sites excluding steroid dienone is 6. The molecule has 0 aromatic carbocycles. The molecule has 2 unspecified atom stereocenters. The Hall–Kier alpha value is -1.04. The first-order valence-electron chi connectivity index (χ1n) is 7.18. The smallest absolute Gasteiger partial charge is 0.0303 e. The van der Waals surface area contributed by atoms with Crippen molar-refractivity contribution in [3.05, 3.63) is 48.6 Å². The van der Waals surface area contributed by atoms with E-state index in [9.17, 15) is 0 Å². The molecular formula is C18H30. The van der Waals surface area contributed by atoms with Gasteiger partial charge in [-0.2, -0.15) is 0 Å². The number of rotatable bonds is 9. The van der Waals surface area contributed by atoms with Gasteiger partial charge in [-0.15, -0.1) is 0 Å². The molecule has 0 saturated carbocycles. The van der Waals surface area contributed by atoms with Crippen LogP contribution in [0, 0.1) is 11.8 Å². The van der Waals surface area contributed by atoms with E-state index in [2.05, 4.69) is 46.9 Å². The Morgan fingerprint density at radius 3 is 2.44 bits per heavy atom. The summed E-state index contributed by atoms with van der Waals surface area (Å²) in [4.78, 5) is 0. The standard InChI is InChI=1S/C18H30/c1-7-9-11-15(3)17(5)13-14-18(6)16(4)12-10-8-2/h7,9,11,13,16,18H,1,3,8,10,12,14H2,2,4-6H3/b11-9-,17-13+. The summed E-state index contributed by atoms with van der Waals surface area (Å²) in [5.74, 6) is 1.56. The first-order chi connectivity index (χ1) is 8.52. The van der Waals surface area contributed by atoms with Crippen molar-refractivity contribution in [2.24, 2.45) is 11.8 Å². The van der Waals surface area contributed by atoms with E-state index in [4.69, 9.17) is 0 Å². The van der Waals surface area contributed by atoms with Crippen LogP contribution < -0.4 is 0 Å². The third kappa shape index (κ3) is 7.32. The molecule has 0 bridgehead atoms. The Labute approximate surface area is 114 Å². The molecule has 0 saturated heterocycles. The highest BCUT2D eigenvalue weighted by molar-refractivity contribution is 5.36. The van der Waals surface area contributed by atoms with Crippen LogP contribution in [0.1, 0.15) is 53.4 Å². The highest BCUT2D eigenvalue weighted by Gasteiger charge is 2.10. The van der Waals surface area contributed by atoms with Crippen molar-refractivity contribution in [3.8, 4) is 0 Å². The molecule has 0 radical (unpaired) electrons. The Kier molecular flexibility index (Phi) is 9.36. The summed E-state index contributed by atoms with van der Waals surface area (Å²) >= 11 is 0. The molecule has 0 fully saturated rings. The SMILES string of the molecule is C=C/C=C\C(=C)/C(C)=C/CC(C)C(C)CCCC. The highest BCUT2D eigenvalue weighted by atomic mass is 14.2. The summed E-state index contributed by atoms with van der Waals surface area (Å²) in [6, 6.07) is 0. The zero-order chi connectivity index (χ0) is 14.0. The first-order valence-corrected chi connectivity index (χ1v) is 7.18. The third-order valence-electron chi connectivity index (χ3n) is 3.72. The number of hydrogen-bond donors (Lipinski definition) is 0. The maximum absolute atomic E-state index is 4.06. The minimum absolute atomic E-state index is 0.752. The second kappa shape index (κ2) is 9.94. The van der Waals surface area contributed by atoms with Crippen LogP contribution >= 0.6 is 0 Å². The predicted octanol–water partition coefficient (Wildman–Crippen LogP) is 6.08. The van der Waals surface area contributed by atoms with Crippen LogP contribution in [-0.4, -0.2) is 0 Å². The van der Waals surface area contributed by atoms with Gasteiger partial charge in [0.1, 0.15) is 0 Å². The van der Waals surface area contributed by atoms with E-state index in [-0.39, 0.29) is 0 Å². The first kappa shape index (κ1) is 17.0. The van der Waals surface area contributed by atoms with E-state index < -0.39 is 0 Å². The van der Waals surface area contributed by atoms with Crippen LogP contribution in [-0.2, 0) is 0 Å². The second-order valence-corrected chi connectivity index (χ2v) is 5.34. The summed E-state index contributed by atoms with van der Waals surface area (Å²) in [6.45, 7) is 16.9. The summed E-state index contributed by atoms with van der Waals surface area (Å²) in [5.41, 5.74) is 2.37. The summed E-state index contributed by atoms with van der Waals surface area (Å²) in [5, 5.41) is 0. The quantitative estimate of drug-likeness (QED) is 0.432. The maximum Gasteiger partial charge on any atom is -0.0303 e. The lowest BCUT2D eigenvalue weighted by Gasteiger charge is -2.18. The second-order valence-electron chi connectivity index (χ2n) is 5.34. The lowest BCUT2D eigenvalue weighted by Crippen LogP contribution is -2.07. The van der Waals surface area contributed by atoms with Gasteiger partial charge in [-0.1, -0.05) is 77.5 Å². The van der Waals surface area contributed by atoms with Gasteiger partial charge >= 0.3 is 0 Å². The fraction of sp³-hybridized carbons (Fsp3) is 0.556. The highest BCUT2D eigenvalue weighted by Crippen LogP contribution is 2.22. The molecule has 0 N–H and O–H groups in total. The Morgan fingerprint density at radius 1 is 1.22 bits per heavy atom. The minimum Gasteiger partial charge on any atom is -0.0991 e. The van der Waals surface area contributed by atoms with Crippen LogP contribution in [0.25, 0.3) is 0 Å². The van der Waals surface area contributed by atoms with Crippen molar-refractivity contribution in [3.63, 3.8) is 0 Å². The normalized spacial score (nSPS) is 15.7. The molecule has 0 amide bonds. The molecular weight excluding hydrogens is 216 g/mol. The molecule has 0 aliphatic heterocycles. The minimum atomic E-state index is 0.752. The molecule has 0 heteroatoms. The Bertz CT molecular complexity index is 304. The van der Waals surface area contributed by atoms with Crippen molar-refractivity contribution in [2.45, 2.75) is 53.4 Å². The maximum atomic E-state index is 4.06. The van der Waals surface area contributed by atoms with Crippen molar-refractivity contribution in [1.82, 2.24) is 0 Å². The van der Waals surface area contributed by atoms with Crippen molar-refractivity contribution in [2.75, 3.05) is 0 Å². The number of unbranched alkanes of at least 4 members (excludes halogenated alkanes) is 1. The van der Waals surface area contributed by atoms with E-state index in [1.807, 2.05) is 12.2 Å². The van der Waals surface area contributed by atoms with Gasteiger partial charge in [-0.3, -0.25) is 0 Å². The van der Waals surface area contributed by atoms with Crippen LogP contribution in [0.4, 0.5) is 0 Å². The molecule has 0 aliphatic rings. The molecule has 0 aliphatic carbocycles. The van der Waals surface area contributed by atoms with E-state index >= 15 is 0 Å². The van der Waals surface area contributed by atoms with Crippen molar-refractivity contribution in [1.29, 1.82) is 0 Å². The fourth-order valence-electron chi connectivity index (χ4n) is 1.85. The molecule has 0 heterocycles. The Balaban J connectivity index is 4.22. The molecule has 0 aromatic heterocycles. The average Bonchev–Trinajstić information content (AvgIpc) is 2.38. The van der Waals surface area contributed by atoms with Gasteiger partial charge in [0, 0.05) is 0 Å². The number of hydrogen-bond acceptors (Lipinski definition) is 0. The summed E-state index contributed by atoms with van der Waals surface area (Å²) in [6.07, 6.45) is 13.2. The van der Waals surface area contributed by atoms with E-state index in [0.29, 0.717) is 0 Å². The van der Waals surface area contributed by atoms with Gasteiger partial charge in [0.05, 0.1) is 0 Å². The molecule has 2 atom stereocenters. The van der Waals surface area contributed by atoms with Gasteiger partial charge in [-0.25, -0.2) is 0 Å². The lowest BCUT2D eigenvalue weighted by molar-refractivity contribution is 0.357. The zero-order valence-electron chi connectivity index (χ0n) is 12.7. The van der Waals surface area contributed by atoms with Gasteiger partial charge in [0.2, 0.25) is 0 Å². The monoisotopic (exact) mass is 246 g/mol. The summed E-state index contributed by atoms with van der Waals surface area (Å²) in [7, 11) is 0. The lowest BCUT2D eigenvalue weighted by atomic mass is 9.88. The molecule has 0 aromatic rings. The molecule has 0 rings (SSSR count). The predicted molar refractivity (Wildman–Crippen MR) is 84.7 cm³/mol. The van der Waals surface area contributed by atoms with E-state index in [1.165, 1.54) is 24.8 Å². The Morgan fingerprint density at radius 2 is 1.89 bits per heavy atom. The zero-order valence-corrected chi connectivity index (χ0v) is 12.7. The van der Waals surface area contributed by atoms with E-state index in [0.717, 1.165) is 23.8 Å². The summed E-state index contributed by atoms with van der Waals surface area (Å²) < 4.78 is 0. The largest absolute Gasteiger partial charge is 0.0991 e. The molecule has 102 valence electrons. The van der Waals surface area contributed by atoms with Crippen LogP contribution in [0.3, 0.4) is 0 Å². The molecule has 0 spiro atoms.